The number of nitrogens with zero attached hydrogens (tertiary/aromatic N) is 4. The first-order valence-corrected chi connectivity index (χ1v) is 7.32. The van der Waals surface area contributed by atoms with Gasteiger partial charge in [0.2, 0.25) is 5.91 Å². The molecule has 1 aromatic carbocycles. The minimum absolute atomic E-state index is 0.0391. The third-order valence-corrected chi connectivity index (χ3v) is 3.85. The van der Waals surface area contributed by atoms with Gasteiger partial charge in [0.05, 0.1) is 6.33 Å². The molecule has 114 valence electrons. The van der Waals surface area contributed by atoms with Gasteiger partial charge in [0.15, 0.2) is 0 Å². The molecule has 0 atom stereocenters. The van der Waals surface area contributed by atoms with Crippen LogP contribution in [0.4, 0.5) is 5.69 Å². The number of carbonyl (C=O) groups excluding carboxylic acids is 1. The van der Waals surface area contributed by atoms with Gasteiger partial charge in [-0.05, 0) is 12.1 Å². The standard InChI is InChI=1S/C16H18N4O2/c21-15-6-7-17-13-20(15)12-16(22)19-10-8-18(9-11-19)14-4-2-1-3-5-14/h1-7,13H,8-12H2. The lowest BCUT2D eigenvalue weighted by atomic mass is 10.2. The number of hydrogen-bond donors (Lipinski definition) is 0. The lowest BCUT2D eigenvalue weighted by Gasteiger charge is -2.36. The van der Waals surface area contributed by atoms with E-state index in [4.69, 9.17) is 0 Å². The van der Waals surface area contributed by atoms with Crippen LogP contribution < -0.4 is 10.5 Å². The first-order valence-electron chi connectivity index (χ1n) is 7.32. The van der Waals surface area contributed by atoms with E-state index in [1.165, 1.54) is 28.8 Å². The second-order valence-corrected chi connectivity index (χ2v) is 5.25. The Morgan fingerprint density at radius 3 is 2.45 bits per heavy atom. The number of anilines is 1. The van der Waals surface area contributed by atoms with Gasteiger partial charge in [0.1, 0.15) is 6.54 Å². The summed E-state index contributed by atoms with van der Waals surface area (Å²) in [6.45, 7) is 3.00. The summed E-state index contributed by atoms with van der Waals surface area (Å²) < 4.78 is 1.34. The van der Waals surface area contributed by atoms with Crippen molar-refractivity contribution in [1.82, 2.24) is 14.5 Å². The van der Waals surface area contributed by atoms with Crippen LogP contribution in [0.2, 0.25) is 0 Å². The van der Waals surface area contributed by atoms with Crippen LogP contribution in [-0.4, -0.2) is 46.5 Å². The number of benzene rings is 1. The van der Waals surface area contributed by atoms with Crippen molar-refractivity contribution < 1.29 is 4.79 Å². The Morgan fingerprint density at radius 1 is 1.05 bits per heavy atom. The zero-order valence-corrected chi connectivity index (χ0v) is 12.3. The molecule has 1 saturated heterocycles. The van der Waals surface area contributed by atoms with Crippen molar-refractivity contribution in [3.8, 4) is 0 Å². The molecule has 0 radical (unpaired) electrons. The molecule has 3 rings (SSSR count). The molecule has 0 aliphatic carbocycles. The molecule has 1 fully saturated rings. The van der Waals surface area contributed by atoms with E-state index >= 15 is 0 Å². The molecule has 0 bridgehead atoms. The molecule has 22 heavy (non-hydrogen) atoms. The van der Waals surface area contributed by atoms with Crippen LogP contribution in [0.3, 0.4) is 0 Å². The van der Waals surface area contributed by atoms with Gasteiger partial charge in [0.25, 0.3) is 5.56 Å². The third kappa shape index (κ3) is 3.16. The van der Waals surface area contributed by atoms with Crippen LogP contribution in [0.15, 0.2) is 53.7 Å². The molecule has 1 aromatic heterocycles. The molecule has 0 saturated carbocycles. The maximum absolute atomic E-state index is 12.3. The van der Waals surface area contributed by atoms with E-state index in [-0.39, 0.29) is 18.0 Å². The highest BCUT2D eigenvalue weighted by Gasteiger charge is 2.21. The molecule has 0 N–H and O–H groups in total. The van der Waals surface area contributed by atoms with E-state index < -0.39 is 0 Å². The Labute approximate surface area is 128 Å². The molecule has 1 amide bonds. The summed E-state index contributed by atoms with van der Waals surface area (Å²) in [6, 6.07) is 11.5. The summed E-state index contributed by atoms with van der Waals surface area (Å²) in [5, 5.41) is 0. The van der Waals surface area contributed by atoms with Crippen molar-refractivity contribution in [3.05, 3.63) is 59.3 Å². The van der Waals surface area contributed by atoms with Gasteiger partial charge < -0.3 is 9.80 Å². The van der Waals surface area contributed by atoms with E-state index in [0.29, 0.717) is 13.1 Å². The SMILES string of the molecule is O=C(Cn1cnccc1=O)N1CCN(c2ccccc2)CC1. The van der Waals surface area contributed by atoms with Gasteiger partial charge in [-0.2, -0.15) is 0 Å². The van der Waals surface area contributed by atoms with Crippen molar-refractivity contribution in [2.45, 2.75) is 6.54 Å². The molecular formula is C16H18N4O2. The largest absolute Gasteiger partial charge is 0.368 e. The van der Waals surface area contributed by atoms with Crippen molar-refractivity contribution in [1.29, 1.82) is 0 Å². The van der Waals surface area contributed by atoms with Crippen LogP contribution in [0.1, 0.15) is 0 Å². The van der Waals surface area contributed by atoms with E-state index in [1.807, 2.05) is 18.2 Å². The number of amides is 1. The highest BCUT2D eigenvalue weighted by atomic mass is 16.2. The van der Waals surface area contributed by atoms with Gasteiger partial charge >= 0.3 is 0 Å². The fourth-order valence-electron chi connectivity index (χ4n) is 2.60. The number of carbonyl (C=O) groups is 1. The molecule has 6 heteroatoms. The van der Waals surface area contributed by atoms with Gasteiger partial charge in [-0.15, -0.1) is 0 Å². The summed E-state index contributed by atoms with van der Waals surface area (Å²) in [6.07, 6.45) is 2.84. The average Bonchev–Trinajstić information content (AvgIpc) is 2.58. The molecule has 0 unspecified atom stereocenters. The highest BCUT2D eigenvalue weighted by Crippen LogP contribution is 2.15. The molecular weight excluding hydrogens is 280 g/mol. The minimum atomic E-state index is -0.203. The van der Waals surface area contributed by atoms with Gasteiger partial charge in [-0.3, -0.25) is 14.2 Å². The molecule has 2 heterocycles. The topological polar surface area (TPSA) is 58.4 Å². The van der Waals surface area contributed by atoms with Crippen molar-refractivity contribution in [2.75, 3.05) is 31.1 Å². The maximum Gasteiger partial charge on any atom is 0.253 e. The Bertz CT molecular complexity index is 691. The van der Waals surface area contributed by atoms with Gasteiger partial charge in [-0.25, -0.2) is 4.98 Å². The molecule has 2 aromatic rings. The maximum atomic E-state index is 12.3. The normalized spacial score (nSPS) is 14.9. The Hall–Kier alpha value is -2.63. The summed E-state index contributed by atoms with van der Waals surface area (Å²) in [7, 11) is 0. The molecule has 1 aliphatic heterocycles. The Kier molecular flexibility index (Phi) is 4.18. The van der Waals surface area contributed by atoms with Gasteiger partial charge in [-0.1, -0.05) is 18.2 Å². The smallest absolute Gasteiger partial charge is 0.253 e. The summed E-state index contributed by atoms with van der Waals surface area (Å²) in [5.74, 6) is -0.0391. The number of hydrogen-bond acceptors (Lipinski definition) is 4. The second kappa shape index (κ2) is 6.43. The molecule has 6 nitrogen and oxygen atoms in total. The van der Waals surface area contributed by atoms with E-state index in [2.05, 4.69) is 22.0 Å². The quantitative estimate of drug-likeness (QED) is 0.832. The lowest BCUT2D eigenvalue weighted by molar-refractivity contribution is -0.132. The summed E-state index contributed by atoms with van der Waals surface area (Å²) in [5.41, 5.74) is 0.976. The van der Waals surface area contributed by atoms with Crippen LogP contribution in [0.25, 0.3) is 0 Å². The number of rotatable bonds is 3. The number of aromatic nitrogens is 2. The van der Waals surface area contributed by atoms with Gasteiger partial charge in [0, 0.05) is 44.1 Å². The van der Waals surface area contributed by atoms with E-state index in [0.717, 1.165) is 13.1 Å². The number of para-hydroxylation sites is 1. The zero-order valence-electron chi connectivity index (χ0n) is 12.3. The average molecular weight is 298 g/mol. The summed E-state index contributed by atoms with van der Waals surface area (Å²) in [4.78, 5) is 31.8. The summed E-state index contributed by atoms with van der Waals surface area (Å²) >= 11 is 0. The lowest BCUT2D eigenvalue weighted by Crippen LogP contribution is -2.50. The van der Waals surface area contributed by atoms with E-state index in [9.17, 15) is 9.59 Å². The number of piperazine rings is 1. The second-order valence-electron chi connectivity index (χ2n) is 5.25. The monoisotopic (exact) mass is 298 g/mol. The van der Waals surface area contributed by atoms with Crippen molar-refractivity contribution in [2.24, 2.45) is 0 Å². The Morgan fingerprint density at radius 2 is 1.77 bits per heavy atom. The Balaban J connectivity index is 1.58. The fourth-order valence-corrected chi connectivity index (χ4v) is 2.60. The first kappa shape index (κ1) is 14.3. The van der Waals surface area contributed by atoms with Crippen molar-refractivity contribution in [3.63, 3.8) is 0 Å². The van der Waals surface area contributed by atoms with Crippen molar-refractivity contribution >= 4 is 11.6 Å². The molecule has 0 spiro atoms. The first-order chi connectivity index (χ1) is 10.7. The minimum Gasteiger partial charge on any atom is -0.368 e. The predicted octanol–water partition coefficient (Wildman–Crippen LogP) is 0.592. The predicted molar refractivity (Wildman–Crippen MR) is 83.7 cm³/mol. The van der Waals surface area contributed by atoms with Crippen LogP contribution in [0.5, 0.6) is 0 Å². The van der Waals surface area contributed by atoms with Crippen LogP contribution in [0, 0.1) is 0 Å². The van der Waals surface area contributed by atoms with E-state index in [1.54, 1.807) is 4.90 Å². The fraction of sp³-hybridized carbons (Fsp3) is 0.312. The zero-order chi connectivity index (χ0) is 15.4. The molecule has 1 aliphatic rings. The van der Waals surface area contributed by atoms with Crippen LogP contribution >= 0.6 is 0 Å². The third-order valence-electron chi connectivity index (χ3n) is 3.85. The van der Waals surface area contributed by atoms with Crippen LogP contribution in [-0.2, 0) is 11.3 Å². The highest BCUT2D eigenvalue weighted by molar-refractivity contribution is 5.76.